The van der Waals surface area contributed by atoms with E-state index < -0.39 is 0 Å². The molecule has 0 radical (unpaired) electrons. The summed E-state index contributed by atoms with van der Waals surface area (Å²) in [6.45, 7) is 8.28. The molecule has 0 aliphatic carbocycles. The molecule has 3 nitrogen and oxygen atoms in total. The Bertz CT molecular complexity index is 145. The van der Waals surface area contributed by atoms with Crippen molar-refractivity contribution >= 4 is 5.97 Å². The Morgan fingerprint density at radius 3 is 2.92 bits per heavy atom. The number of carbonyl (C=O) groups is 1. The van der Waals surface area contributed by atoms with E-state index >= 15 is 0 Å². The quantitative estimate of drug-likeness (QED) is 0.369. The van der Waals surface area contributed by atoms with Gasteiger partial charge in [0.15, 0.2) is 0 Å². The Morgan fingerprint density at radius 2 is 2.42 bits per heavy atom. The first-order valence-corrected chi connectivity index (χ1v) is 4.21. The fraction of sp³-hybridized carbons (Fsp3) is 0.667. The lowest BCUT2D eigenvalue weighted by Crippen LogP contribution is -2.27. The van der Waals surface area contributed by atoms with E-state index in [0.717, 1.165) is 6.42 Å². The van der Waals surface area contributed by atoms with E-state index in [-0.39, 0.29) is 18.6 Å². The molecule has 0 rings (SSSR count). The molecule has 0 amide bonds. The first-order chi connectivity index (χ1) is 5.70. The van der Waals surface area contributed by atoms with Crippen LogP contribution in [0, 0.1) is 0 Å². The number of rotatable bonds is 6. The second-order valence-corrected chi connectivity index (χ2v) is 2.63. The van der Waals surface area contributed by atoms with E-state index in [1.807, 2.05) is 13.8 Å². The van der Waals surface area contributed by atoms with Crippen molar-refractivity contribution < 1.29 is 9.53 Å². The van der Waals surface area contributed by atoms with Gasteiger partial charge in [-0.1, -0.05) is 13.0 Å². The molecule has 1 unspecified atom stereocenters. The normalized spacial score (nSPS) is 12.2. The summed E-state index contributed by atoms with van der Waals surface area (Å²) in [5.74, 6) is -0.203. The zero-order chi connectivity index (χ0) is 9.40. The molecule has 0 bridgehead atoms. The van der Waals surface area contributed by atoms with Gasteiger partial charge in [0.2, 0.25) is 0 Å². The van der Waals surface area contributed by atoms with Gasteiger partial charge in [-0.3, -0.25) is 4.79 Å². The molecule has 0 fully saturated rings. The fourth-order valence-electron chi connectivity index (χ4n) is 0.626. The van der Waals surface area contributed by atoms with Crippen LogP contribution in [0.1, 0.15) is 20.3 Å². The Morgan fingerprint density at radius 1 is 1.75 bits per heavy atom. The van der Waals surface area contributed by atoms with E-state index in [0.29, 0.717) is 6.54 Å². The van der Waals surface area contributed by atoms with Gasteiger partial charge < -0.3 is 10.1 Å². The summed E-state index contributed by atoms with van der Waals surface area (Å²) >= 11 is 0. The van der Waals surface area contributed by atoms with E-state index in [9.17, 15) is 4.79 Å². The van der Waals surface area contributed by atoms with Crippen molar-refractivity contribution in [3.05, 3.63) is 12.7 Å². The van der Waals surface area contributed by atoms with Crippen LogP contribution in [0.4, 0.5) is 0 Å². The van der Waals surface area contributed by atoms with Gasteiger partial charge in [-0.05, 0) is 13.3 Å². The van der Waals surface area contributed by atoms with Crippen molar-refractivity contribution in [3.63, 3.8) is 0 Å². The van der Waals surface area contributed by atoms with Gasteiger partial charge in [-0.25, -0.2) is 0 Å². The lowest BCUT2D eigenvalue weighted by Gasteiger charge is -2.10. The average molecular weight is 171 g/mol. The van der Waals surface area contributed by atoms with Crippen molar-refractivity contribution in [2.45, 2.75) is 26.4 Å². The highest BCUT2D eigenvalue weighted by Gasteiger charge is 2.05. The minimum Gasteiger partial charge on any atom is -0.462 e. The van der Waals surface area contributed by atoms with Crippen molar-refractivity contribution in [1.29, 1.82) is 0 Å². The minimum absolute atomic E-state index is 0.0167. The molecule has 12 heavy (non-hydrogen) atoms. The van der Waals surface area contributed by atoms with Crippen LogP contribution in [-0.2, 0) is 9.53 Å². The molecular formula is C9H17NO2. The summed E-state index contributed by atoms with van der Waals surface area (Å²) in [7, 11) is 0. The third kappa shape index (κ3) is 5.92. The maximum Gasteiger partial charge on any atom is 0.320 e. The number of hydrogen-bond acceptors (Lipinski definition) is 3. The largest absolute Gasteiger partial charge is 0.462 e. The number of hydrogen-bond donors (Lipinski definition) is 1. The molecule has 0 aliphatic rings. The zero-order valence-electron chi connectivity index (χ0n) is 7.80. The second kappa shape index (κ2) is 6.85. The number of nitrogens with one attached hydrogen (secondary N) is 1. The molecule has 0 aromatic heterocycles. The van der Waals surface area contributed by atoms with E-state index in [2.05, 4.69) is 11.9 Å². The summed E-state index contributed by atoms with van der Waals surface area (Å²) in [5, 5.41) is 2.87. The topological polar surface area (TPSA) is 38.3 Å². The monoisotopic (exact) mass is 171 g/mol. The Labute approximate surface area is 73.8 Å². The van der Waals surface area contributed by atoms with Gasteiger partial charge in [-0.2, -0.15) is 0 Å². The third-order valence-corrected chi connectivity index (χ3v) is 1.47. The molecule has 0 saturated heterocycles. The molecule has 0 spiro atoms. The molecule has 1 N–H and O–H groups in total. The molecule has 1 atom stereocenters. The highest BCUT2D eigenvalue weighted by Crippen LogP contribution is 1.95. The lowest BCUT2D eigenvalue weighted by atomic mass is 10.3. The molecule has 0 aliphatic heterocycles. The van der Waals surface area contributed by atoms with Crippen LogP contribution in [-0.4, -0.2) is 25.2 Å². The molecule has 0 aromatic rings. The number of esters is 1. The Balaban J connectivity index is 3.39. The van der Waals surface area contributed by atoms with Crippen LogP contribution in [0.2, 0.25) is 0 Å². The SMILES string of the molecule is C=CCNCC(=O)OC(C)CC. The molecule has 3 heteroatoms. The molecule has 0 aromatic carbocycles. The van der Waals surface area contributed by atoms with Crippen LogP contribution in [0.5, 0.6) is 0 Å². The van der Waals surface area contributed by atoms with Crippen molar-refractivity contribution in [1.82, 2.24) is 5.32 Å². The second-order valence-electron chi connectivity index (χ2n) is 2.63. The summed E-state index contributed by atoms with van der Waals surface area (Å²) < 4.78 is 5.01. The summed E-state index contributed by atoms with van der Waals surface area (Å²) in [5.41, 5.74) is 0. The Kier molecular flexibility index (Phi) is 6.38. The summed E-state index contributed by atoms with van der Waals surface area (Å²) in [6.07, 6.45) is 2.58. The summed E-state index contributed by atoms with van der Waals surface area (Å²) in [4.78, 5) is 11.0. The van der Waals surface area contributed by atoms with Crippen LogP contribution in [0.3, 0.4) is 0 Å². The first-order valence-electron chi connectivity index (χ1n) is 4.21. The highest BCUT2D eigenvalue weighted by molar-refractivity contribution is 5.71. The standard InChI is InChI=1S/C9H17NO2/c1-4-6-10-7-9(11)12-8(3)5-2/h4,8,10H,1,5-7H2,2-3H3. The molecule has 70 valence electrons. The number of carbonyl (C=O) groups excluding carboxylic acids is 1. The maximum absolute atomic E-state index is 11.0. The molecule has 0 saturated carbocycles. The van der Waals surface area contributed by atoms with Gasteiger partial charge in [0.05, 0.1) is 12.6 Å². The number of ether oxygens (including phenoxy) is 1. The maximum atomic E-state index is 11.0. The van der Waals surface area contributed by atoms with Crippen molar-refractivity contribution in [2.24, 2.45) is 0 Å². The van der Waals surface area contributed by atoms with Crippen molar-refractivity contribution in [2.75, 3.05) is 13.1 Å². The van der Waals surface area contributed by atoms with Gasteiger partial charge in [0.1, 0.15) is 0 Å². The zero-order valence-corrected chi connectivity index (χ0v) is 7.80. The van der Waals surface area contributed by atoms with Crippen molar-refractivity contribution in [3.8, 4) is 0 Å². The fourth-order valence-corrected chi connectivity index (χ4v) is 0.626. The van der Waals surface area contributed by atoms with Crippen LogP contribution in [0.25, 0.3) is 0 Å². The van der Waals surface area contributed by atoms with Gasteiger partial charge in [0, 0.05) is 6.54 Å². The Hall–Kier alpha value is -0.830. The van der Waals surface area contributed by atoms with Crippen LogP contribution >= 0.6 is 0 Å². The lowest BCUT2D eigenvalue weighted by molar-refractivity contribution is -0.147. The smallest absolute Gasteiger partial charge is 0.320 e. The minimum atomic E-state index is -0.203. The van der Waals surface area contributed by atoms with Crippen LogP contribution < -0.4 is 5.32 Å². The van der Waals surface area contributed by atoms with Gasteiger partial charge >= 0.3 is 5.97 Å². The van der Waals surface area contributed by atoms with Gasteiger partial charge in [-0.15, -0.1) is 6.58 Å². The van der Waals surface area contributed by atoms with E-state index in [1.165, 1.54) is 0 Å². The third-order valence-electron chi connectivity index (χ3n) is 1.47. The van der Waals surface area contributed by atoms with E-state index in [1.54, 1.807) is 6.08 Å². The molecule has 0 heterocycles. The highest BCUT2D eigenvalue weighted by atomic mass is 16.5. The first kappa shape index (κ1) is 11.2. The predicted molar refractivity (Wildman–Crippen MR) is 48.9 cm³/mol. The van der Waals surface area contributed by atoms with E-state index in [4.69, 9.17) is 4.74 Å². The average Bonchev–Trinajstić information content (AvgIpc) is 2.05. The predicted octanol–water partition coefficient (Wildman–Crippen LogP) is 1.10. The van der Waals surface area contributed by atoms with Gasteiger partial charge in [0.25, 0.3) is 0 Å². The summed E-state index contributed by atoms with van der Waals surface area (Å²) in [6, 6.07) is 0. The molecular weight excluding hydrogens is 154 g/mol. The van der Waals surface area contributed by atoms with Crippen LogP contribution in [0.15, 0.2) is 12.7 Å².